The van der Waals surface area contributed by atoms with Gasteiger partial charge >= 0.3 is 0 Å². The highest BCUT2D eigenvalue weighted by Gasteiger charge is 2.24. The molecule has 4 aromatic heterocycles. The predicted molar refractivity (Wildman–Crippen MR) is 141 cm³/mol. The third-order valence-electron chi connectivity index (χ3n) is 7.23. The second-order valence-corrected chi connectivity index (χ2v) is 9.95. The fraction of sp³-hybridized carbons (Fsp3) is 0.407. The first-order chi connectivity index (χ1) is 17.9. The first kappa shape index (κ1) is 23.6. The maximum Gasteiger partial charge on any atom is 0.221 e. The zero-order chi connectivity index (χ0) is 25.8. The van der Waals surface area contributed by atoms with Crippen molar-refractivity contribution in [2.75, 3.05) is 19.7 Å². The van der Waals surface area contributed by atoms with E-state index in [1.807, 2.05) is 50.2 Å². The smallest absolute Gasteiger partial charge is 0.221 e. The highest BCUT2D eigenvalue weighted by atomic mass is 16.5. The summed E-state index contributed by atoms with van der Waals surface area (Å²) in [7, 11) is 1.91. The zero-order valence-corrected chi connectivity index (χ0v) is 21.9. The summed E-state index contributed by atoms with van der Waals surface area (Å²) < 4.78 is 12.4. The molecule has 0 radical (unpaired) electrons. The van der Waals surface area contributed by atoms with Crippen molar-refractivity contribution in [3.8, 4) is 28.5 Å². The SMILES string of the molecule is CCN1Cc2c3cc(ccc3nn2[C@@H](C)CO)-c2ncc3cnc(cn23)-c2c(C)nn(C)c2O[C@@H](C)C1. The number of likely N-dealkylation sites (N-methyl/N-ethyl adjacent to an activating group) is 1. The molecule has 0 saturated carbocycles. The van der Waals surface area contributed by atoms with Gasteiger partial charge in [-0.2, -0.15) is 10.2 Å². The van der Waals surface area contributed by atoms with E-state index in [4.69, 9.17) is 19.8 Å². The van der Waals surface area contributed by atoms with E-state index in [-0.39, 0.29) is 18.8 Å². The molecule has 0 saturated heterocycles. The lowest BCUT2D eigenvalue weighted by Crippen LogP contribution is -2.35. The van der Waals surface area contributed by atoms with E-state index in [0.29, 0.717) is 19.0 Å². The summed E-state index contributed by atoms with van der Waals surface area (Å²) in [5.41, 5.74) is 6.41. The normalized spacial score (nSPS) is 17.2. The van der Waals surface area contributed by atoms with Crippen molar-refractivity contribution < 1.29 is 9.84 Å². The number of hydrogen-bond donors (Lipinski definition) is 1. The Morgan fingerprint density at radius 3 is 2.78 bits per heavy atom. The lowest BCUT2D eigenvalue weighted by atomic mass is 10.1. The van der Waals surface area contributed by atoms with Crippen LogP contribution in [-0.4, -0.2) is 69.7 Å². The van der Waals surface area contributed by atoms with E-state index < -0.39 is 0 Å². The van der Waals surface area contributed by atoms with Crippen molar-refractivity contribution in [2.24, 2.45) is 7.05 Å². The zero-order valence-electron chi connectivity index (χ0n) is 21.9. The summed E-state index contributed by atoms with van der Waals surface area (Å²) in [6, 6.07) is 6.13. The molecular formula is C27H32N8O2. The molecule has 1 N–H and O–H groups in total. The summed E-state index contributed by atoms with van der Waals surface area (Å²) >= 11 is 0. The van der Waals surface area contributed by atoms with Gasteiger partial charge in [-0.3, -0.25) is 19.0 Å². The van der Waals surface area contributed by atoms with E-state index in [1.54, 1.807) is 4.68 Å². The minimum atomic E-state index is -0.138. The van der Waals surface area contributed by atoms with Gasteiger partial charge in [0, 0.05) is 37.3 Å². The van der Waals surface area contributed by atoms with Crippen molar-refractivity contribution in [1.82, 2.24) is 38.8 Å². The van der Waals surface area contributed by atoms with Crippen LogP contribution in [0.1, 0.15) is 38.2 Å². The van der Waals surface area contributed by atoms with Gasteiger partial charge in [0.15, 0.2) is 0 Å². The molecule has 0 fully saturated rings. The maximum atomic E-state index is 9.97. The van der Waals surface area contributed by atoms with Crippen LogP contribution in [0.2, 0.25) is 0 Å². The predicted octanol–water partition coefficient (Wildman–Crippen LogP) is 3.61. The Hall–Kier alpha value is -3.76. The molecule has 4 bridgehead atoms. The highest BCUT2D eigenvalue weighted by Crippen LogP contribution is 2.34. The van der Waals surface area contributed by atoms with Gasteiger partial charge < -0.3 is 9.84 Å². The number of aliphatic hydroxyl groups excluding tert-OH is 1. The van der Waals surface area contributed by atoms with Crippen molar-refractivity contribution in [1.29, 1.82) is 0 Å². The second kappa shape index (κ2) is 8.97. The molecule has 10 nitrogen and oxygen atoms in total. The molecule has 37 heavy (non-hydrogen) atoms. The molecule has 2 atom stereocenters. The summed E-state index contributed by atoms with van der Waals surface area (Å²) in [5.74, 6) is 1.53. The number of aliphatic hydroxyl groups is 1. The monoisotopic (exact) mass is 500 g/mol. The number of aryl methyl sites for hydroxylation is 2. The van der Waals surface area contributed by atoms with Crippen LogP contribution < -0.4 is 4.74 Å². The van der Waals surface area contributed by atoms with Crippen LogP contribution in [0.5, 0.6) is 5.88 Å². The maximum absolute atomic E-state index is 9.97. The van der Waals surface area contributed by atoms with Crippen LogP contribution in [0, 0.1) is 6.92 Å². The number of hydrogen-bond acceptors (Lipinski definition) is 7. The van der Waals surface area contributed by atoms with Gasteiger partial charge in [-0.25, -0.2) is 9.67 Å². The van der Waals surface area contributed by atoms with Crippen LogP contribution in [-0.2, 0) is 13.6 Å². The standard InChI is InChI=1S/C27H32N8O2/c1-6-33-12-17(3)37-27-25(18(4)30-32(27)5)23-13-34-20(10-28-23)11-29-26(34)19-7-8-22-21(9-19)24(14-33)35(31-22)16(2)15-36/h7-11,13,16-17,36H,6,12,14-15H2,1-5H3/t16-,17-/m0/s1. The van der Waals surface area contributed by atoms with Gasteiger partial charge in [0.2, 0.25) is 5.88 Å². The van der Waals surface area contributed by atoms with Gasteiger partial charge in [-0.15, -0.1) is 0 Å². The Labute approximate surface area is 215 Å². The number of aromatic nitrogens is 7. The average molecular weight is 501 g/mol. The number of benzene rings is 1. The topological polar surface area (TPSA) is 98.5 Å². The summed E-state index contributed by atoms with van der Waals surface area (Å²) in [4.78, 5) is 11.9. The van der Waals surface area contributed by atoms with Crippen LogP contribution in [0.3, 0.4) is 0 Å². The number of rotatable bonds is 3. The Balaban J connectivity index is 1.62. The number of imidazole rings is 1. The van der Waals surface area contributed by atoms with Crippen molar-refractivity contribution in [3.63, 3.8) is 0 Å². The number of fused-ring (bicyclic) bond motifs is 5. The van der Waals surface area contributed by atoms with Crippen molar-refractivity contribution >= 4 is 16.4 Å². The van der Waals surface area contributed by atoms with Gasteiger partial charge in [0.05, 0.1) is 58.7 Å². The minimum absolute atomic E-state index is 0.0166. The van der Waals surface area contributed by atoms with Crippen LogP contribution in [0.25, 0.3) is 39.1 Å². The lowest BCUT2D eigenvalue weighted by Gasteiger charge is -2.26. The average Bonchev–Trinajstić information content (AvgIpc) is 3.55. The molecule has 5 heterocycles. The quantitative estimate of drug-likeness (QED) is 0.404. The van der Waals surface area contributed by atoms with E-state index in [2.05, 4.69) is 40.4 Å². The van der Waals surface area contributed by atoms with E-state index >= 15 is 0 Å². The molecule has 5 aromatic rings. The molecular weight excluding hydrogens is 468 g/mol. The Morgan fingerprint density at radius 1 is 1.19 bits per heavy atom. The van der Waals surface area contributed by atoms with E-state index in [9.17, 15) is 5.11 Å². The first-order valence-electron chi connectivity index (χ1n) is 12.8. The lowest BCUT2D eigenvalue weighted by molar-refractivity contribution is 0.133. The van der Waals surface area contributed by atoms with Gasteiger partial charge in [-0.05, 0) is 45.5 Å². The molecule has 0 amide bonds. The summed E-state index contributed by atoms with van der Waals surface area (Å²) in [6.45, 7) is 10.5. The largest absolute Gasteiger partial charge is 0.473 e. The summed E-state index contributed by atoms with van der Waals surface area (Å²) in [5, 5.41) is 20.6. The second-order valence-electron chi connectivity index (χ2n) is 9.95. The van der Waals surface area contributed by atoms with Crippen LogP contribution in [0.4, 0.5) is 0 Å². The summed E-state index contributed by atoms with van der Waals surface area (Å²) in [6.07, 6.45) is 5.60. The number of ether oxygens (including phenoxy) is 1. The van der Waals surface area contributed by atoms with Gasteiger partial charge in [0.1, 0.15) is 11.9 Å². The Bertz CT molecular complexity index is 1610. The van der Waals surface area contributed by atoms with Gasteiger partial charge in [0.25, 0.3) is 0 Å². The number of nitrogens with zero attached hydrogens (tertiary/aromatic N) is 8. The minimum Gasteiger partial charge on any atom is -0.473 e. The third kappa shape index (κ3) is 3.87. The molecule has 1 aliphatic heterocycles. The molecule has 0 aliphatic carbocycles. The molecule has 192 valence electrons. The molecule has 10 heteroatoms. The Kier molecular flexibility index (Phi) is 5.73. The van der Waals surface area contributed by atoms with Crippen LogP contribution in [0.15, 0.2) is 36.8 Å². The third-order valence-corrected chi connectivity index (χ3v) is 7.23. The molecule has 1 aliphatic rings. The molecule has 0 unspecified atom stereocenters. The van der Waals surface area contributed by atoms with E-state index in [0.717, 1.165) is 57.0 Å². The van der Waals surface area contributed by atoms with Gasteiger partial charge in [-0.1, -0.05) is 6.92 Å². The molecule has 0 spiro atoms. The highest BCUT2D eigenvalue weighted by molar-refractivity contribution is 5.86. The first-order valence-corrected chi connectivity index (χ1v) is 12.8. The Morgan fingerprint density at radius 2 is 2.00 bits per heavy atom. The van der Waals surface area contributed by atoms with Crippen LogP contribution >= 0.6 is 0 Å². The van der Waals surface area contributed by atoms with E-state index in [1.165, 1.54) is 0 Å². The fourth-order valence-corrected chi connectivity index (χ4v) is 5.31. The fourth-order valence-electron chi connectivity index (χ4n) is 5.31. The van der Waals surface area contributed by atoms with Crippen molar-refractivity contribution in [3.05, 3.63) is 48.2 Å². The molecule has 6 rings (SSSR count). The van der Waals surface area contributed by atoms with Crippen molar-refractivity contribution in [2.45, 2.75) is 46.4 Å². The molecule has 1 aromatic carbocycles.